The number of benzene rings is 1. The van der Waals surface area contributed by atoms with Crippen molar-refractivity contribution in [3.05, 3.63) is 57.6 Å². The van der Waals surface area contributed by atoms with E-state index < -0.39 is 5.91 Å². The van der Waals surface area contributed by atoms with Crippen molar-refractivity contribution in [2.45, 2.75) is 13.5 Å². The van der Waals surface area contributed by atoms with Gasteiger partial charge in [0.05, 0.1) is 12.2 Å². The van der Waals surface area contributed by atoms with Crippen molar-refractivity contribution in [3.63, 3.8) is 0 Å². The van der Waals surface area contributed by atoms with Crippen LogP contribution in [0.2, 0.25) is 5.15 Å². The minimum Gasteiger partial charge on any atom is -0.354 e. The zero-order chi connectivity index (χ0) is 17.0. The van der Waals surface area contributed by atoms with E-state index >= 15 is 0 Å². The lowest BCUT2D eigenvalue weighted by Gasteiger charge is -2.03. The number of halogens is 2. The molecule has 0 saturated carbocycles. The molecule has 1 aromatic heterocycles. The molecular formula is C16H14ClFN4O. The Bertz CT molecular complexity index is 803. The van der Waals surface area contributed by atoms with Crippen LogP contribution in [0.25, 0.3) is 6.08 Å². The van der Waals surface area contributed by atoms with Gasteiger partial charge in [-0.25, -0.2) is 9.07 Å². The van der Waals surface area contributed by atoms with Gasteiger partial charge in [-0.05, 0) is 30.7 Å². The van der Waals surface area contributed by atoms with E-state index in [2.05, 4.69) is 10.4 Å². The Labute approximate surface area is 138 Å². The number of hydrogen-bond acceptors (Lipinski definition) is 3. The molecule has 0 bridgehead atoms. The van der Waals surface area contributed by atoms with Crippen molar-refractivity contribution in [2.75, 3.05) is 7.05 Å². The lowest BCUT2D eigenvalue weighted by Crippen LogP contribution is -2.19. The number of amides is 1. The summed E-state index contributed by atoms with van der Waals surface area (Å²) in [6.07, 6.45) is 1.41. The fraction of sp³-hybridized carbons (Fsp3) is 0.188. The van der Waals surface area contributed by atoms with Gasteiger partial charge in [0.15, 0.2) is 0 Å². The van der Waals surface area contributed by atoms with Crippen molar-refractivity contribution >= 4 is 23.6 Å². The van der Waals surface area contributed by atoms with Gasteiger partial charge in [-0.1, -0.05) is 23.7 Å². The molecule has 2 aromatic rings. The third-order valence-corrected chi connectivity index (χ3v) is 3.63. The molecule has 0 saturated heterocycles. The molecule has 0 unspecified atom stereocenters. The normalized spacial score (nSPS) is 11.2. The van der Waals surface area contributed by atoms with Crippen LogP contribution >= 0.6 is 11.6 Å². The van der Waals surface area contributed by atoms with E-state index in [0.29, 0.717) is 23.0 Å². The highest BCUT2D eigenvalue weighted by molar-refractivity contribution is 6.31. The SMILES string of the molecule is CNC(=O)/C(C#N)=C/c1c(C)nn(Cc2ccc(F)cc2)c1Cl. The number of aromatic nitrogens is 2. The molecular weight excluding hydrogens is 319 g/mol. The largest absolute Gasteiger partial charge is 0.354 e. The minimum absolute atomic E-state index is 0.0566. The number of carbonyl (C=O) groups is 1. The highest BCUT2D eigenvalue weighted by Crippen LogP contribution is 2.23. The van der Waals surface area contributed by atoms with Gasteiger partial charge in [0.25, 0.3) is 5.91 Å². The second-order valence-electron chi connectivity index (χ2n) is 4.82. The van der Waals surface area contributed by atoms with Gasteiger partial charge in [-0.3, -0.25) is 4.79 Å². The molecule has 0 atom stereocenters. The average Bonchev–Trinajstić information content (AvgIpc) is 2.80. The standard InChI is InChI=1S/C16H14ClFN4O/c1-10-14(7-12(8-19)16(23)20-2)15(17)22(21-10)9-11-3-5-13(18)6-4-11/h3-7H,9H2,1-2H3,(H,20,23)/b12-7+. The van der Waals surface area contributed by atoms with Crippen LogP contribution in [0.4, 0.5) is 4.39 Å². The van der Waals surface area contributed by atoms with E-state index in [4.69, 9.17) is 16.9 Å². The second kappa shape index (κ2) is 7.07. The van der Waals surface area contributed by atoms with Crippen molar-refractivity contribution in [1.29, 1.82) is 5.26 Å². The van der Waals surface area contributed by atoms with Crippen LogP contribution in [0.1, 0.15) is 16.8 Å². The molecule has 0 aliphatic carbocycles. The number of nitrogens with one attached hydrogen (secondary N) is 1. The summed E-state index contributed by atoms with van der Waals surface area (Å²) in [6.45, 7) is 2.09. The van der Waals surface area contributed by atoms with Crippen LogP contribution in [0.15, 0.2) is 29.8 Å². The summed E-state index contributed by atoms with van der Waals surface area (Å²) in [5.41, 5.74) is 1.87. The van der Waals surface area contributed by atoms with Crippen molar-refractivity contribution in [3.8, 4) is 6.07 Å². The van der Waals surface area contributed by atoms with Gasteiger partial charge in [-0.15, -0.1) is 0 Å². The zero-order valence-corrected chi connectivity index (χ0v) is 13.4. The smallest absolute Gasteiger partial charge is 0.261 e. The third-order valence-electron chi connectivity index (χ3n) is 3.24. The summed E-state index contributed by atoms with van der Waals surface area (Å²) in [4.78, 5) is 11.6. The van der Waals surface area contributed by atoms with Gasteiger partial charge in [0.2, 0.25) is 0 Å². The molecule has 0 aliphatic rings. The first kappa shape index (κ1) is 16.7. The maximum Gasteiger partial charge on any atom is 0.261 e. The Morgan fingerprint density at radius 1 is 1.48 bits per heavy atom. The van der Waals surface area contributed by atoms with E-state index in [-0.39, 0.29) is 11.4 Å². The quantitative estimate of drug-likeness (QED) is 0.691. The average molecular weight is 333 g/mol. The molecule has 0 aliphatic heterocycles. The number of nitriles is 1. The first-order chi connectivity index (χ1) is 11.0. The topological polar surface area (TPSA) is 70.7 Å². The van der Waals surface area contributed by atoms with Gasteiger partial charge < -0.3 is 5.32 Å². The Hall–Kier alpha value is -2.65. The number of rotatable bonds is 4. The Kier molecular flexibility index (Phi) is 5.14. The molecule has 5 nitrogen and oxygen atoms in total. The van der Waals surface area contributed by atoms with Gasteiger partial charge >= 0.3 is 0 Å². The van der Waals surface area contributed by atoms with Crippen LogP contribution in [-0.4, -0.2) is 22.7 Å². The molecule has 2 rings (SSSR count). The van der Waals surface area contributed by atoms with E-state index in [1.54, 1.807) is 19.1 Å². The maximum atomic E-state index is 12.9. The minimum atomic E-state index is -0.491. The maximum absolute atomic E-state index is 12.9. The number of hydrogen-bond donors (Lipinski definition) is 1. The van der Waals surface area contributed by atoms with Crippen LogP contribution in [0.5, 0.6) is 0 Å². The molecule has 0 spiro atoms. The summed E-state index contributed by atoms with van der Waals surface area (Å²) in [7, 11) is 1.44. The predicted molar refractivity (Wildman–Crippen MR) is 85.1 cm³/mol. The number of nitrogens with zero attached hydrogens (tertiary/aromatic N) is 3. The van der Waals surface area contributed by atoms with Crippen molar-refractivity contribution in [2.24, 2.45) is 0 Å². The number of aryl methyl sites for hydroxylation is 1. The fourth-order valence-electron chi connectivity index (χ4n) is 2.03. The fourth-order valence-corrected chi connectivity index (χ4v) is 2.32. The molecule has 1 aromatic carbocycles. The molecule has 1 N–H and O–H groups in total. The summed E-state index contributed by atoms with van der Waals surface area (Å²) in [5.74, 6) is -0.807. The Balaban J connectivity index is 2.36. The first-order valence-corrected chi connectivity index (χ1v) is 7.15. The monoisotopic (exact) mass is 332 g/mol. The molecule has 1 heterocycles. The summed E-state index contributed by atoms with van der Waals surface area (Å²) >= 11 is 6.30. The molecule has 0 radical (unpaired) electrons. The summed E-state index contributed by atoms with van der Waals surface area (Å²) < 4.78 is 14.5. The third kappa shape index (κ3) is 3.76. The van der Waals surface area contributed by atoms with E-state index in [1.165, 1.54) is 29.9 Å². The Morgan fingerprint density at radius 2 is 2.13 bits per heavy atom. The molecule has 23 heavy (non-hydrogen) atoms. The van der Waals surface area contributed by atoms with Crippen LogP contribution in [-0.2, 0) is 11.3 Å². The molecule has 7 heteroatoms. The molecule has 118 valence electrons. The van der Waals surface area contributed by atoms with Crippen LogP contribution in [0.3, 0.4) is 0 Å². The number of carbonyl (C=O) groups excluding carboxylic acids is 1. The number of likely N-dealkylation sites (N-methyl/N-ethyl adjacent to an activating group) is 1. The molecule has 1 amide bonds. The highest BCUT2D eigenvalue weighted by atomic mass is 35.5. The van der Waals surface area contributed by atoms with Gasteiger partial charge in [-0.2, -0.15) is 10.4 Å². The summed E-state index contributed by atoms with van der Waals surface area (Å²) in [6, 6.07) is 7.84. The zero-order valence-electron chi connectivity index (χ0n) is 12.6. The van der Waals surface area contributed by atoms with Gasteiger partial charge in [0.1, 0.15) is 22.6 Å². The van der Waals surface area contributed by atoms with E-state index in [1.807, 2.05) is 6.07 Å². The van der Waals surface area contributed by atoms with E-state index in [9.17, 15) is 9.18 Å². The highest BCUT2D eigenvalue weighted by Gasteiger charge is 2.15. The lowest BCUT2D eigenvalue weighted by molar-refractivity contribution is -0.116. The summed E-state index contributed by atoms with van der Waals surface area (Å²) in [5, 5.41) is 16.1. The van der Waals surface area contributed by atoms with Gasteiger partial charge in [0, 0.05) is 12.6 Å². The van der Waals surface area contributed by atoms with Crippen molar-refractivity contribution < 1.29 is 9.18 Å². The second-order valence-corrected chi connectivity index (χ2v) is 5.18. The predicted octanol–water partition coefficient (Wildman–Crippen LogP) is 2.69. The Morgan fingerprint density at radius 3 is 2.70 bits per heavy atom. The van der Waals surface area contributed by atoms with Crippen LogP contribution < -0.4 is 5.32 Å². The molecule has 0 fully saturated rings. The van der Waals surface area contributed by atoms with E-state index in [0.717, 1.165) is 5.56 Å². The van der Waals surface area contributed by atoms with Crippen LogP contribution in [0, 0.1) is 24.1 Å². The first-order valence-electron chi connectivity index (χ1n) is 6.77. The van der Waals surface area contributed by atoms with Crippen molar-refractivity contribution in [1.82, 2.24) is 15.1 Å². The lowest BCUT2D eigenvalue weighted by atomic mass is 10.1.